The third kappa shape index (κ3) is 5.19. The number of rotatable bonds is 8. The first-order chi connectivity index (χ1) is 17.8. The van der Waals surface area contributed by atoms with Gasteiger partial charge in [0, 0.05) is 23.5 Å². The standard InChI is InChI=1S/C27H28N4O5S/c1-6-8-17-13-22(32)31-23(25(33)30-20-12-11-18(35-4)14-21(20)36-5)24(37-27(31)28-17)26(34)29-19-10-7-9-15(2)16(19)3/h7,9-14H,6,8H2,1-5H3,(H,29,34)(H,30,33). The first-order valence-electron chi connectivity index (χ1n) is 11.7. The van der Waals surface area contributed by atoms with Crippen molar-refractivity contribution >= 4 is 39.5 Å². The highest BCUT2D eigenvalue weighted by atomic mass is 32.1. The molecule has 4 rings (SSSR count). The zero-order valence-electron chi connectivity index (χ0n) is 21.3. The molecule has 0 saturated heterocycles. The van der Waals surface area contributed by atoms with Gasteiger partial charge in [-0.2, -0.15) is 0 Å². The second kappa shape index (κ2) is 10.8. The minimum absolute atomic E-state index is 0.0733. The van der Waals surface area contributed by atoms with E-state index in [0.29, 0.717) is 35.0 Å². The van der Waals surface area contributed by atoms with Gasteiger partial charge >= 0.3 is 0 Å². The molecule has 37 heavy (non-hydrogen) atoms. The molecule has 0 atom stereocenters. The Morgan fingerprint density at radius 1 is 1.00 bits per heavy atom. The minimum Gasteiger partial charge on any atom is -0.497 e. The summed E-state index contributed by atoms with van der Waals surface area (Å²) >= 11 is 0.998. The molecule has 0 spiro atoms. The molecule has 0 aliphatic carbocycles. The van der Waals surface area contributed by atoms with Gasteiger partial charge in [-0.1, -0.05) is 36.8 Å². The third-order valence-corrected chi connectivity index (χ3v) is 7.05. The molecular weight excluding hydrogens is 492 g/mol. The van der Waals surface area contributed by atoms with Crippen molar-refractivity contribution in [1.29, 1.82) is 0 Å². The number of fused-ring (bicyclic) bond motifs is 1. The Kier molecular flexibility index (Phi) is 7.58. The van der Waals surface area contributed by atoms with E-state index in [4.69, 9.17) is 9.47 Å². The molecule has 192 valence electrons. The molecule has 0 aliphatic rings. The highest BCUT2D eigenvalue weighted by Gasteiger charge is 2.27. The second-order valence-corrected chi connectivity index (χ2v) is 9.43. The average molecular weight is 521 g/mol. The summed E-state index contributed by atoms with van der Waals surface area (Å²) < 4.78 is 11.8. The Morgan fingerprint density at radius 3 is 2.46 bits per heavy atom. The number of methoxy groups -OCH3 is 2. The second-order valence-electron chi connectivity index (χ2n) is 8.46. The first kappa shape index (κ1) is 25.9. The maximum Gasteiger partial charge on any atom is 0.274 e. The Balaban J connectivity index is 1.82. The van der Waals surface area contributed by atoms with Gasteiger partial charge in [0.15, 0.2) is 4.96 Å². The number of benzene rings is 2. The van der Waals surface area contributed by atoms with E-state index in [9.17, 15) is 14.4 Å². The maximum atomic E-state index is 13.6. The van der Waals surface area contributed by atoms with E-state index >= 15 is 0 Å². The predicted molar refractivity (Wildman–Crippen MR) is 145 cm³/mol. The number of hydrogen-bond acceptors (Lipinski definition) is 7. The van der Waals surface area contributed by atoms with E-state index in [0.717, 1.165) is 28.9 Å². The van der Waals surface area contributed by atoms with E-state index in [2.05, 4.69) is 15.6 Å². The topological polar surface area (TPSA) is 111 Å². The lowest BCUT2D eigenvalue weighted by Crippen LogP contribution is -2.25. The number of anilines is 2. The van der Waals surface area contributed by atoms with Crippen LogP contribution in [0, 0.1) is 13.8 Å². The van der Waals surface area contributed by atoms with Crippen molar-refractivity contribution in [2.75, 3.05) is 24.9 Å². The Morgan fingerprint density at radius 2 is 1.76 bits per heavy atom. The zero-order valence-corrected chi connectivity index (χ0v) is 22.1. The molecule has 2 N–H and O–H groups in total. The van der Waals surface area contributed by atoms with Crippen molar-refractivity contribution in [2.24, 2.45) is 0 Å². The molecule has 2 aromatic carbocycles. The maximum absolute atomic E-state index is 13.6. The van der Waals surface area contributed by atoms with Crippen molar-refractivity contribution in [1.82, 2.24) is 9.38 Å². The van der Waals surface area contributed by atoms with Crippen molar-refractivity contribution < 1.29 is 19.1 Å². The molecule has 0 unspecified atom stereocenters. The van der Waals surface area contributed by atoms with Crippen molar-refractivity contribution in [2.45, 2.75) is 33.6 Å². The van der Waals surface area contributed by atoms with Gasteiger partial charge in [-0.15, -0.1) is 0 Å². The molecule has 0 bridgehead atoms. The molecule has 2 aromatic heterocycles. The van der Waals surface area contributed by atoms with Crippen molar-refractivity contribution in [3.8, 4) is 11.5 Å². The molecule has 2 amide bonds. The van der Waals surface area contributed by atoms with E-state index in [1.165, 1.54) is 24.7 Å². The summed E-state index contributed by atoms with van der Waals surface area (Å²) in [6.45, 7) is 5.84. The fraction of sp³-hybridized carbons (Fsp3) is 0.259. The van der Waals surface area contributed by atoms with Crippen LogP contribution in [0.3, 0.4) is 0 Å². The predicted octanol–water partition coefficient (Wildman–Crippen LogP) is 4.85. The van der Waals surface area contributed by atoms with Crippen LogP contribution in [0.1, 0.15) is 50.3 Å². The summed E-state index contributed by atoms with van der Waals surface area (Å²) in [5, 5.41) is 5.67. The number of ether oxygens (including phenoxy) is 2. The number of hydrogen-bond donors (Lipinski definition) is 2. The van der Waals surface area contributed by atoms with Gasteiger partial charge in [-0.05, 0) is 49.6 Å². The first-order valence-corrected chi connectivity index (χ1v) is 12.5. The molecule has 4 aromatic rings. The van der Waals surface area contributed by atoms with E-state index in [-0.39, 0.29) is 15.5 Å². The van der Waals surface area contributed by atoms with Gasteiger partial charge in [0.25, 0.3) is 17.4 Å². The summed E-state index contributed by atoms with van der Waals surface area (Å²) in [6, 6.07) is 11.9. The van der Waals surface area contributed by atoms with Gasteiger partial charge in [0.2, 0.25) is 0 Å². The van der Waals surface area contributed by atoms with Gasteiger partial charge in [0.05, 0.1) is 19.9 Å². The molecule has 2 heterocycles. The quantitative estimate of drug-likeness (QED) is 0.344. The molecule has 0 aliphatic heterocycles. The van der Waals surface area contributed by atoms with Crippen LogP contribution in [0.5, 0.6) is 11.5 Å². The summed E-state index contributed by atoms with van der Waals surface area (Å²) in [4.78, 5) is 45.1. The highest BCUT2D eigenvalue weighted by molar-refractivity contribution is 7.19. The SMILES string of the molecule is CCCc1cc(=O)n2c(C(=O)Nc3ccc(OC)cc3OC)c(C(=O)Nc3cccc(C)c3C)sc2n1. The monoisotopic (exact) mass is 520 g/mol. The number of thiazole rings is 1. The number of carbonyl (C=O) groups excluding carboxylic acids is 2. The van der Waals surface area contributed by atoms with E-state index < -0.39 is 17.4 Å². The van der Waals surface area contributed by atoms with Gasteiger partial charge in [-0.3, -0.25) is 14.4 Å². The molecule has 0 radical (unpaired) electrons. The number of aromatic nitrogens is 2. The molecule has 10 heteroatoms. The Hall–Kier alpha value is -4.18. The lowest BCUT2D eigenvalue weighted by Gasteiger charge is -2.13. The summed E-state index contributed by atoms with van der Waals surface area (Å²) in [7, 11) is 2.99. The van der Waals surface area contributed by atoms with Crippen LogP contribution in [0.25, 0.3) is 4.96 Å². The number of nitrogens with zero attached hydrogens (tertiary/aromatic N) is 2. The van der Waals surface area contributed by atoms with Gasteiger partial charge < -0.3 is 20.1 Å². The van der Waals surface area contributed by atoms with Crippen LogP contribution in [0.4, 0.5) is 11.4 Å². The van der Waals surface area contributed by atoms with Crippen LogP contribution in [-0.2, 0) is 6.42 Å². The molecule has 9 nitrogen and oxygen atoms in total. The molecule has 0 saturated carbocycles. The van der Waals surface area contributed by atoms with Crippen LogP contribution in [0.15, 0.2) is 47.3 Å². The Labute approximate surface area is 218 Å². The van der Waals surface area contributed by atoms with E-state index in [1.54, 1.807) is 24.3 Å². The minimum atomic E-state index is -0.645. The largest absolute Gasteiger partial charge is 0.497 e. The summed E-state index contributed by atoms with van der Waals surface area (Å²) in [5.41, 5.74) is 2.99. The average Bonchev–Trinajstić information content (AvgIpc) is 3.27. The molecule has 0 fully saturated rings. The van der Waals surface area contributed by atoms with Crippen molar-refractivity contribution in [3.63, 3.8) is 0 Å². The fourth-order valence-electron chi connectivity index (χ4n) is 3.91. The fourth-order valence-corrected chi connectivity index (χ4v) is 4.96. The van der Waals surface area contributed by atoms with Crippen LogP contribution < -0.4 is 25.7 Å². The lowest BCUT2D eigenvalue weighted by molar-refractivity contribution is 0.0989. The number of aryl methyl sites for hydroxylation is 2. The van der Waals surface area contributed by atoms with Gasteiger partial charge in [0.1, 0.15) is 22.1 Å². The van der Waals surface area contributed by atoms with E-state index in [1.807, 2.05) is 32.9 Å². The van der Waals surface area contributed by atoms with Gasteiger partial charge in [-0.25, -0.2) is 9.38 Å². The van der Waals surface area contributed by atoms with Crippen LogP contribution in [-0.4, -0.2) is 35.4 Å². The van der Waals surface area contributed by atoms with Crippen LogP contribution in [0.2, 0.25) is 0 Å². The smallest absolute Gasteiger partial charge is 0.274 e. The highest BCUT2D eigenvalue weighted by Crippen LogP contribution is 2.31. The number of carbonyl (C=O) groups is 2. The number of amides is 2. The normalized spacial score (nSPS) is 10.8. The Bertz CT molecular complexity index is 1560. The van der Waals surface area contributed by atoms with Crippen molar-refractivity contribution in [3.05, 3.63) is 80.2 Å². The zero-order chi connectivity index (χ0) is 26.7. The summed E-state index contributed by atoms with van der Waals surface area (Å²) in [6.07, 6.45) is 1.41. The third-order valence-electron chi connectivity index (χ3n) is 6.01. The molecular formula is C27H28N4O5S. The van der Waals surface area contributed by atoms with Crippen LogP contribution >= 0.6 is 11.3 Å². The number of nitrogens with one attached hydrogen (secondary N) is 2. The lowest BCUT2D eigenvalue weighted by atomic mass is 10.1. The summed E-state index contributed by atoms with van der Waals surface area (Å²) in [5.74, 6) is -0.238.